The lowest BCUT2D eigenvalue weighted by Crippen LogP contribution is -2.49. The molecule has 1 aromatic heterocycles. The Bertz CT molecular complexity index is 1620. The second-order valence-electron chi connectivity index (χ2n) is 9.17. The predicted octanol–water partition coefficient (Wildman–Crippen LogP) is 6.16. The van der Waals surface area contributed by atoms with Crippen molar-refractivity contribution < 1.29 is 28.6 Å². The number of aromatic hydroxyl groups is 1. The molecule has 1 unspecified atom stereocenters. The first-order valence-corrected chi connectivity index (χ1v) is 13.2. The Labute approximate surface area is 243 Å². The maximum atomic E-state index is 13.7. The van der Waals surface area contributed by atoms with E-state index in [2.05, 4.69) is 0 Å². The number of hydrogen-bond acceptors (Lipinski definition) is 7. The van der Waals surface area contributed by atoms with Gasteiger partial charge < -0.3 is 19.0 Å². The van der Waals surface area contributed by atoms with Gasteiger partial charge in [-0.3, -0.25) is 4.90 Å². The van der Waals surface area contributed by atoms with Crippen molar-refractivity contribution in [3.05, 3.63) is 99.9 Å². The van der Waals surface area contributed by atoms with Gasteiger partial charge in [-0.1, -0.05) is 83.3 Å². The van der Waals surface area contributed by atoms with Gasteiger partial charge in [0.25, 0.3) is 0 Å². The maximum Gasteiger partial charge on any atom is 0.411 e. The molecule has 0 saturated carbocycles. The Kier molecular flexibility index (Phi) is 7.68. The number of rotatable bonds is 6. The third-order valence-corrected chi connectivity index (χ3v) is 7.00. The van der Waals surface area contributed by atoms with Gasteiger partial charge in [-0.15, -0.1) is 0 Å². The largest absolute Gasteiger partial charge is 0.508 e. The van der Waals surface area contributed by atoms with Gasteiger partial charge in [-0.05, 0) is 39.9 Å². The number of hydrogen-bond donors (Lipinski definition) is 1. The molecule has 1 amide bonds. The Morgan fingerprint density at radius 3 is 2.23 bits per heavy atom. The van der Waals surface area contributed by atoms with E-state index < -0.39 is 40.2 Å². The molecule has 0 radical (unpaired) electrons. The molecule has 1 N–H and O–H groups in total. The molecule has 1 aliphatic rings. The molecule has 1 heterocycles. The lowest BCUT2D eigenvalue weighted by molar-refractivity contribution is -0.149. The average Bonchev–Trinajstić information content (AvgIpc) is 3.24. The molecule has 1 atom stereocenters. The summed E-state index contributed by atoms with van der Waals surface area (Å²) < 4.78 is 13.9. The highest BCUT2D eigenvalue weighted by molar-refractivity contribution is 6.67. The predicted molar refractivity (Wildman–Crippen MR) is 151 cm³/mol. The molecular formula is C29H22Cl3NO7. The number of carbonyl (C=O) groups excluding carboxylic acids is 2. The van der Waals surface area contributed by atoms with Crippen LogP contribution in [0.1, 0.15) is 22.7 Å². The van der Waals surface area contributed by atoms with Crippen molar-refractivity contribution >= 4 is 57.8 Å². The first-order valence-electron chi connectivity index (χ1n) is 12.1. The summed E-state index contributed by atoms with van der Waals surface area (Å²) in [7, 11) is 1.21. The van der Waals surface area contributed by atoms with Crippen LogP contribution >= 0.6 is 34.8 Å². The van der Waals surface area contributed by atoms with Gasteiger partial charge in [-0.25, -0.2) is 14.4 Å². The van der Waals surface area contributed by atoms with Crippen molar-refractivity contribution in [2.75, 3.05) is 13.7 Å². The standard InChI is InChI=1S/C29H22Cl3NO7/c1-38-28(37)33(26-21-8-4-2-6-19(21)20-7-3-5-9-22(20)26)23(27(36)39-15-29(30,31)32)12-16-13-25(35)40-24-14-17(34)10-11-18(16)24/h2-11,13-14,23,26,34H,12,15H2,1H3. The van der Waals surface area contributed by atoms with Crippen LogP contribution in [0.15, 0.2) is 82.0 Å². The molecule has 11 heteroatoms. The van der Waals surface area contributed by atoms with Crippen LogP contribution in [-0.4, -0.2) is 45.6 Å². The molecule has 1 aliphatic carbocycles. The van der Waals surface area contributed by atoms with E-state index in [1.807, 2.05) is 48.5 Å². The summed E-state index contributed by atoms with van der Waals surface area (Å²) in [6, 6.07) is 18.5. The molecular weight excluding hydrogens is 581 g/mol. The van der Waals surface area contributed by atoms with E-state index in [0.29, 0.717) is 10.9 Å². The minimum atomic E-state index is -1.90. The Hall–Kier alpha value is -3.72. The number of methoxy groups -OCH3 is 1. The summed E-state index contributed by atoms with van der Waals surface area (Å²) in [5.74, 6) is -0.986. The van der Waals surface area contributed by atoms with Crippen molar-refractivity contribution in [1.82, 2.24) is 4.90 Å². The molecule has 0 fully saturated rings. The van der Waals surface area contributed by atoms with Crippen LogP contribution in [0.5, 0.6) is 5.75 Å². The van der Waals surface area contributed by atoms with Crippen LogP contribution in [0.3, 0.4) is 0 Å². The Balaban J connectivity index is 1.68. The molecule has 206 valence electrons. The van der Waals surface area contributed by atoms with Gasteiger partial charge in [0.05, 0.1) is 13.2 Å². The van der Waals surface area contributed by atoms with E-state index in [-0.39, 0.29) is 17.8 Å². The van der Waals surface area contributed by atoms with E-state index in [4.69, 9.17) is 48.7 Å². The summed E-state index contributed by atoms with van der Waals surface area (Å²) in [4.78, 5) is 41.0. The Morgan fingerprint density at radius 1 is 1.00 bits per heavy atom. The van der Waals surface area contributed by atoms with Gasteiger partial charge in [0.15, 0.2) is 0 Å². The number of nitrogens with zero attached hydrogens (tertiary/aromatic N) is 1. The highest BCUT2D eigenvalue weighted by atomic mass is 35.6. The number of fused-ring (bicyclic) bond motifs is 4. The van der Waals surface area contributed by atoms with E-state index in [9.17, 15) is 19.5 Å². The summed E-state index contributed by atoms with van der Waals surface area (Å²) >= 11 is 17.6. The molecule has 5 rings (SSSR count). The van der Waals surface area contributed by atoms with Crippen molar-refractivity contribution in [1.29, 1.82) is 0 Å². The van der Waals surface area contributed by atoms with Gasteiger partial charge in [-0.2, -0.15) is 0 Å². The minimum absolute atomic E-state index is 0.108. The zero-order chi connectivity index (χ0) is 28.6. The topological polar surface area (TPSA) is 106 Å². The summed E-state index contributed by atoms with van der Waals surface area (Å²) in [6.07, 6.45) is -0.987. The molecule has 4 aromatic rings. The minimum Gasteiger partial charge on any atom is -0.508 e. The van der Waals surface area contributed by atoms with Gasteiger partial charge in [0.2, 0.25) is 3.79 Å². The van der Waals surface area contributed by atoms with Gasteiger partial charge in [0, 0.05) is 23.9 Å². The van der Waals surface area contributed by atoms with Gasteiger partial charge in [0.1, 0.15) is 24.0 Å². The van der Waals surface area contributed by atoms with Crippen LogP contribution < -0.4 is 5.63 Å². The highest BCUT2D eigenvalue weighted by Gasteiger charge is 2.43. The highest BCUT2D eigenvalue weighted by Crippen LogP contribution is 2.47. The number of alkyl halides is 3. The maximum absolute atomic E-state index is 13.7. The lowest BCUT2D eigenvalue weighted by Gasteiger charge is -2.35. The molecule has 0 spiro atoms. The number of carbonyl (C=O) groups is 2. The number of halogens is 3. The van der Waals surface area contributed by atoms with Gasteiger partial charge >= 0.3 is 17.7 Å². The Morgan fingerprint density at radius 2 is 1.62 bits per heavy atom. The number of phenols is 1. The molecule has 0 aliphatic heterocycles. The second-order valence-corrected chi connectivity index (χ2v) is 11.7. The first kappa shape index (κ1) is 27.8. The smallest absolute Gasteiger partial charge is 0.411 e. The van der Waals surface area contributed by atoms with Crippen LogP contribution in [-0.2, 0) is 20.7 Å². The third kappa shape index (κ3) is 5.47. The molecule has 8 nitrogen and oxygen atoms in total. The summed E-state index contributed by atoms with van der Waals surface area (Å²) in [5.41, 5.74) is 3.11. The fourth-order valence-corrected chi connectivity index (χ4v) is 5.25. The SMILES string of the molecule is COC(=O)N(C(Cc1cc(=O)oc2cc(O)ccc12)C(=O)OCC(Cl)(Cl)Cl)C1c2ccccc2-c2ccccc21. The normalized spacial score (nSPS) is 13.4. The van der Waals surface area contributed by atoms with E-state index >= 15 is 0 Å². The number of benzene rings is 3. The van der Waals surface area contributed by atoms with E-state index in [0.717, 1.165) is 22.3 Å². The zero-order valence-electron chi connectivity index (χ0n) is 21.0. The number of amides is 1. The summed E-state index contributed by atoms with van der Waals surface area (Å²) in [6.45, 7) is -0.578. The molecule has 0 saturated heterocycles. The van der Waals surface area contributed by atoms with Crippen molar-refractivity contribution in [3.8, 4) is 16.9 Å². The fraction of sp³-hybridized carbons (Fsp3) is 0.207. The number of phenolic OH excluding ortho intramolecular Hbond substituents is 1. The van der Waals surface area contributed by atoms with Crippen LogP contribution in [0.25, 0.3) is 22.1 Å². The third-order valence-electron chi connectivity index (χ3n) is 6.68. The zero-order valence-corrected chi connectivity index (χ0v) is 23.2. The average molecular weight is 603 g/mol. The molecule has 3 aromatic carbocycles. The van der Waals surface area contributed by atoms with Crippen LogP contribution in [0.2, 0.25) is 0 Å². The monoisotopic (exact) mass is 601 g/mol. The molecule has 40 heavy (non-hydrogen) atoms. The number of esters is 1. The first-order chi connectivity index (χ1) is 19.1. The van der Waals surface area contributed by atoms with E-state index in [1.54, 1.807) is 6.07 Å². The van der Waals surface area contributed by atoms with Crippen molar-refractivity contribution in [2.24, 2.45) is 0 Å². The van der Waals surface area contributed by atoms with Crippen molar-refractivity contribution in [3.63, 3.8) is 0 Å². The quantitative estimate of drug-likeness (QED) is 0.160. The fourth-order valence-electron chi connectivity index (χ4n) is 5.09. The molecule has 0 bridgehead atoms. The second kappa shape index (κ2) is 11.0. The summed E-state index contributed by atoms with van der Waals surface area (Å²) in [5, 5.41) is 10.4. The lowest BCUT2D eigenvalue weighted by atomic mass is 9.97. The van der Waals surface area contributed by atoms with E-state index in [1.165, 1.54) is 30.2 Å². The van der Waals surface area contributed by atoms with Crippen LogP contribution in [0, 0.1) is 0 Å². The number of ether oxygens (including phenoxy) is 2. The van der Waals surface area contributed by atoms with Crippen LogP contribution in [0.4, 0.5) is 4.79 Å². The van der Waals surface area contributed by atoms with Crippen molar-refractivity contribution in [2.45, 2.75) is 22.3 Å².